The minimum atomic E-state index is -3.16. The predicted octanol–water partition coefficient (Wildman–Crippen LogP) is 0.299. The summed E-state index contributed by atoms with van der Waals surface area (Å²) in [6.07, 6.45) is 0.807. The van der Waals surface area contributed by atoms with E-state index in [1.807, 2.05) is 20.8 Å². The van der Waals surface area contributed by atoms with Crippen molar-refractivity contribution < 1.29 is 8.42 Å². The summed E-state index contributed by atoms with van der Waals surface area (Å²) in [5.74, 6) is 0.327. The molecule has 5 heteroatoms. The smallest absolute Gasteiger partial charge is 0.213 e. The van der Waals surface area contributed by atoms with Gasteiger partial charge in [0.05, 0.1) is 5.75 Å². The highest BCUT2D eigenvalue weighted by molar-refractivity contribution is 7.89. The van der Waals surface area contributed by atoms with Gasteiger partial charge in [-0.05, 0) is 12.3 Å². The van der Waals surface area contributed by atoms with Crippen LogP contribution in [-0.4, -0.2) is 26.8 Å². The summed E-state index contributed by atoms with van der Waals surface area (Å²) in [5.41, 5.74) is 5.19. The van der Waals surface area contributed by atoms with E-state index in [0.717, 1.165) is 6.42 Å². The topological polar surface area (TPSA) is 72.2 Å². The molecule has 3 N–H and O–H groups in total. The lowest BCUT2D eigenvalue weighted by Gasteiger charge is -2.20. The zero-order chi connectivity index (χ0) is 10.5. The second-order valence-corrected chi connectivity index (χ2v) is 5.36. The minimum absolute atomic E-state index is 0.0101. The van der Waals surface area contributed by atoms with Crippen LogP contribution in [0, 0.1) is 5.92 Å². The molecule has 1 atom stereocenters. The summed E-state index contributed by atoms with van der Waals surface area (Å²) in [7, 11) is -3.16. The van der Waals surface area contributed by atoms with Crippen molar-refractivity contribution in [2.45, 2.75) is 33.2 Å². The van der Waals surface area contributed by atoms with Crippen molar-refractivity contribution in [3.63, 3.8) is 0 Å². The van der Waals surface area contributed by atoms with Crippen molar-refractivity contribution in [1.82, 2.24) is 4.72 Å². The molecule has 0 aliphatic rings. The quantitative estimate of drug-likeness (QED) is 0.659. The van der Waals surface area contributed by atoms with Gasteiger partial charge in [-0.3, -0.25) is 0 Å². The van der Waals surface area contributed by atoms with Crippen LogP contribution >= 0.6 is 0 Å². The maximum absolute atomic E-state index is 11.3. The van der Waals surface area contributed by atoms with E-state index in [9.17, 15) is 8.42 Å². The van der Waals surface area contributed by atoms with Gasteiger partial charge >= 0.3 is 0 Å². The first-order valence-corrected chi connectivity index (χ1v) is 6.28. The fourth-order valence-corrected chi connectivity index (χ4v) is 2.46. The molecule has 0 amide bonds. The molecule has 0 saturated carbocycles. The molecule has 0 aromatic carbocycles. The van der Waals surface area contributed by atoms with Gasteiger partial charge in [-0.25, -0.2) is 13.1 Å². The van der Waals surface area contributed by atoms with E-state index >= 15 is 0 Å². The molecule has 4 nitrogen and oxygen atoms in total. The summed E-state index contributed by atoms with van der Waals surface area (Å²) in [6.45, 7) is 6.14. The third kappa shape index (κ3) is 5.23. The fraction of sp³-hybridized carbons (Fsp3) is 1.00. The highest BCUT2D eigenvalue weighted by Crippen LogP contribution is 2.06. The number of nitrogens with two attached hydrogens (primary N) is 1. The maximum Gasteiger partial charge on any atom is 0.213 e. The molecule has 0 aromatic rings. The van der Waals surface area contributed by atoms with Crippen LogP contribution in [0.25, 0.3) is 0 Å². The van der Waals surface area contributed by atoms with Crippen molar-refractivity contribution in [2.24, 2.45) is 11.7 Å². The Balaban J connectivity index is 4.23. The molecule has 0 fully saturated rings. The highest BCUT2D eigenvalue weighted by atomic mass is 32.2. The molecule has 1 unspecified atom stereocenters. The van der Waals surface area contributed by atoms with Crippen molar-refractivity contribution in [3.8, 4) is 0 Å². The zero-order valence-corrected chi connectivity index (χ0v) is 9.39. The predicted molar refractivity (Wildman–Crippen MR) is 54.9 cm³/mol. The van der Waals surface area contributed by atoms with Crippen LogP contribution in [0.15, 0.2) is 0 Å². The minimum Gasteiger partial charge on any atom is -0.329 e. The van der Waals surface area contributed by atoms with Gasteiger partial charge in [0.25, 0.3) is 0 Å². The van der Waals surface area contributed by atoms with Crippen LogP contribution in [0.5, 0.6) is 0 Å². The molecule has 0 heterocycles. The van der Waals surface area contributed by atoms with Gasteiger partial charge in [-0.15, -0.1) is 0 Å². The zero-order valence-electron chi connectivity index (χ0n) is 8.58. The average Bonchev–Trinajstić information content (AvgIpc) is 1.99. The molecule has 0 aliphatic heterocycles. The molecular weight excluding hydrogens is 188 g/mol. The first-order valence-electron chi connectivity index (χ1n) is 4.63. The number of hydrogen-bond donors (Lipinski definition) is 2. The normalized spacial score (nSPS) is 14.8. The molecule has 0 spiro atoms. The number of hydrogen-bond acceptors (Lipinski definition) is 3. The van der Waals surface area contributed by atoms with Crippen LogP contribution < -0.4 is 10.5 Å². The maximum atomic E-state index is 11.3. The van der Waals surface area contributed by atoms with E-state index in [1.165, 1.54) is 0 Å². The molecule has 13 heavy (non-hydrogen) atoms. The Hall–Kier alpha value is -0.130. The third-order valence-electron chi connectivity index (χ3n) is 1.96. The molecule has 80 valence electrons. The van der Waals surface area contributed by atoms with Crippen molar-refractivity contribution in [1.29, 1.82) is 0 Å². The molecule has 0 radical (unpaired) electrons. The van der Waals surface area contributed by atoms with Crippen LogP contribution in [0.3, 0.4) is 0 Å². The summed E-state index contributed by atoms with van der Waals surface area (Å²) >= 11 is 0. The van der Waals surface area contributed by atoms with E-state index in [1.54, 1.807) is 0 Å². The lowest BCUT2D eigenvalue weighted by atomic mass is 10.0. The number of sulfonamides is 1. The standard InChI is InChI=1S/C8H20N2O2S/c1-4-8(7(2)3)10-13(11,12)6-5-9/h7-8,10H,4-6,9H2,1-3H3. The fourth-order valence-electron chi connectivity index (χ4n) is 1.14. The lowest BCUT2D eigenvalue weighted by molar-refractivity contribution is 0.437. The van der Waals surface area contributed by atoms with Gasteiger partial charge in [-0.2, -0.15) is 0 Å². The Morgan fingerprint density at radius 3 is 2.23 bits per heavy atom. The Bertz CT molecular complexity index is 224. The molecule has 0 aliphatic carbocycles. The van der Waals surface area contributed by atoms with Crippen molar-refractivity contribution in [3.05, 3.63) is 0 Å². The summed E-state index contributed by atoms with van der Waals surface area (Å²) in [6, 6.07) is 0.0246. The number of nitrogens with one attached hydrogen (secondary N) is 1. The number of rotatable bonds is 6. The van der Waals surface area contributed by atoms with Crippen LogP contribution in [0.1, 0.15) is 27.2 Å². The van der Waals surface area contributed by atoms with Crippen LogP contribution in [0.2, 0.25) is 0 Å². The van der Waals surface area contributed by atoms with E-state index in [0.29, 0.717) is 5.92 Å². The third-order valence-corrected chi connectivity index (χ3v) is 3.40. The highest BCUT2D eigenvalue weighted by Gasteiger charge is 2.17. The first kappa shape index (κ1) is 12.9. The monoisotopic (exact) mass is 208 g/mol. The van der Waals surface area contributed by atoms with E-state index in [4.69, 9.17) is 5.73 Å². The Morgan fingerprint density at radius 2 is 1.92 bits per heavy atom. The first-order chi connectivity index (χ1) is 5.93. The second kappa shape index (κ2) is 5.57. The summed E-state index contributed by atoms with van der Waals surface area (Å²) < 4.78 is 25.3. The van der Waals surface area contributed by atoms with E-state index < -0.39 is 10.0 Å². The molecule has 0 bridgehead atoms. The second-order valence-electron chi connectivity index (χ2n) is 3.48. The average molecular weight is 208 g/mol. The molecule has 0 saturated heterocycles. The van der Waals surface area contributed by atoms with Gasteiger partial charge in [0, 0.05) is 12.6 Å². The SMILES string of the molecule is CCC(NS(=O)(=O)CCN)C(C)C. The largest absolute Gasteiger partial charge is 0.329 e. The van der Waals surface area contributed by atoms with Gasteiger partial charge < -0.3 is 5.73 Å². The van der Waals surface area contributed by atoms with E-state index in [-0.39, 0.29) is 18.3 Å². The van der Waals surface area contributed by atoms with E-state index in [2.05, 4.69) is 4.72 Å². The van der Waals surface area contributed by atoms with Crippen LogP contribution in [0.4, 0.5) is 0 Å². The Labute approximate surface area is 80.9 Å². The molecular formula is C8H20N2O2S. The molecule has 0 aromatic heterocycles. The van der Waals surface area contributed by atoms with Crippen LogP contribution in [-0.2, 0) is 10.0 Å². The van der Waals surface area contributed by atoms with Gasteiger partial charge in [0.1, 0.15) is 0 Å². The van der Waals surface area contributed by atoms with Crippen molar-refractivity contribution in [2.75, 3.05) is 12.3 Å². The van der Waals surface area contributed by atoms with Gasteiger partial charge in [0.2, 0.25) is 10.0 Å². The summed E-state index contributed by atoms with van der Waals surface area (Å²) in [5, 5.41) is 0. The van der Waals surface area contributed by atoms with Gasteiger partial charge in [0.15, 0.2) is 0 Å². The van der Waals surface area contributed by atoms with Gasteiger partial charge in [-0.1, -0.05) is 20.8 Å². The summed E-state index contributed by atoms with van der Waals surface area (Å²) in [4.78, 5) is 0. The Kier molecular flexibility index (Phi) is 5.51. The molecule has 0 rings (SSSR count). The lowest BCUT2D eigenvalue weighted by Crippen LogP contribution is -2.40. The Morgan fingerprint density at radius 1 is 1.38 bits per heavy atom. The van der Waals surface area contributed by atoms with Crippen molar-refractivity contribution >= 4 is 10.0 Å².